The van der Waals surface area contributed by atoms with Crippen molar-refractivity contribution in [3.8, 4) is 0 Å². The summed E-state index contributed by atoms with van der Waals surface area (Å²) in [5.41, 5.74) is 4.37. The molecule has 0 aromatic heterocycles. The molecule has 0 aliphatic rings. The van der Waals surface area contributed by atoms with Crippen LogP contribution in [0.15, 0.2) is 54.0 Å². The summed E-state index contributed by atoms with van der Waals surface area (Å²) in [5, 5.41) is 10.1. The number of aliphatic hydroxyl groups excluding tert-OH is 1. The molecule has 1 rings (SSSR count). The van der Waals surface area contributed by atoms with Gasteiger partial charge in [0.05, 0.1) is 0 Å². The first-order valence-electron chi connectivity index (χ1n) is 8.14. The Hall–Kier alpha value is -2.29. The summed E-state index contributed by atoms with van der Waals surface area (Å²) in [5.74, 6) is 0. The Kier molecular flexibility index (Phi) is 8.03. The van der Waals surface area contributed by atoms with E-state index in [2.05, 4.69) is 5.73 Å². The standard InChI is InChI=1S/C20H27NO3/c1-15(2)21(16(3)4)20(23)24-14-13-17(5)19(22)12-11-18-9-7-6-8-10-18/h6-12,14-16,19,22H,1-5H3/b12-11+/t13?,19-/m1/s1. The molecule has 0 bridgehead atoms. The van der Waals surface area contributed by atoms with Crippen LogP contribution in [-0.4, -0.2) is 34.3 Å². The molecular formula is C20H27NO3. The molecule has 130 valence electrons. The molecule has 0 saturated heterocycles. The van der Waals surface area contributed by atoms with Crippen molar-refractivity contribution in [3.63, 3.8) is 0 Å². The zero-order valence-electron chi connectivity index (χ0n) is 15.1. The van der Waals surface area contributed by atoms with Gasteiger partial charge in [-0.05, 0) is 40.2 Å². The van der Waals surface area contributed by atoms with Gasteiger partial charge in [0.25, 0.3) is 0 Å². The van der Waals surface area contributed by atoms with E-state index >= 15 is 0 Å². The van der Waals surface area contributed by atoms with Gasteiger partial charge in [-0.15, -0.1) is 0 Å². The number of carbonyl (C=O) groups is 1. The fraction of sp³-hybridized carbons (Fsp3) is 0.400. The number of aliphatic hydroxyl groups is 1. The number of carbonyl (C=O) groups excluding carboxylic acids is 1. The second-order valence-electron chi connectivity index (χ2n) is 6.14. The minimum absolute atomic E-state index is 0.0513. The summed E-state index contributed by atoms with van der Waals surface area (Å²) >= 11 is 0. The fourth-order valence-electron chi connectivity index (χ4n) is 2.25. The quantitative estimate of drug-likeness (QED) is 0.622. The second-order valence-corrected chi connectivity index (χ2v) is 6.14. The lowest BCUT2D eigenvalue weighted by Gasteiger charge is -2.28. The maximum Gasteiger partial charge on any atom is 0.415 e. The maximum atomic E-state index is 12.0. The van der Waals surface area contributed by atoms with Crippen LogP contribution in [0.4, 0.5) is 4.79 Å². The molecule has 0 saturated carbocycles. The summed E-state index contributed by atoms with van der Waals surface area (Å²) in [7, 11) is 0. The highest BCUT2D eigenvalue weighted by atomic mass is 16.5. The van der Waals surface area contributed by atoms with Crippen molar-refractivity contribution in [1.82, 2.24) is 4.90 Å². The summed E-state index contributed by atoms with van der Waals surface area (Å²) in [6, 6.07) is 9.81. The third-order valence-electron chi connectivity index (χ3n) is 3.48. The minimum atomic E-state index is -0.786. The van der Waals surface area contributed by atoms with Crippen LogP contribution in [0.25, 0.3) is 6.08 Å². The smallest absolute Gasteiger partial charge is 0.410 e. The average molecular weight is 329 g/mol. The van der Waals surface area contributed by atoms with E-state index in [1.165, 1.54) is 6.26 Å². The van der Waals surface area contributed by atoms with E-state index in [1.54, 1.807) is 17.9 Å². The Labute approximate surface area is 144 Å². The molecule has 1 atom stereocenters. The van der Waals surface area contributed by atoms with E-state index in [0.717, 1.165) is 5.56 Å². The van der Waals surface area contributed by atoms with Crippen LogP contribution in [-0.2, 0) is 4.74 Å². The number of amides is 1. The minimum Gasteiger partial charge on any atom is -0.410 e. The van der Waals surface area contributed by atoms with Crippen LogP contribution in [0.5, 0.6) is 0 Å². The predicted octanol–water partition coefficient (Wildman–Crippen LogP) is 4.38. The molecule has 0 aliphatic carbocycles. The summed E-state index contributed by atoms with van der Waals surface area (Å²) in [6.07, 6.45) is 3.50. The lowest BCUT2D eigenvalue weighted by Crippen LogP contribution is -2.41. The van der Waals surface area contributed by atoms with Gasteiger partial charge in [-0.25, -0.2) is 4.79 Å². The number of benzene rings is 1. The number of rotatable bonds is 6. The van der Waals surface area contributed by atoms with Crippen LogP contribution in [0.3, 0.4) is 0 Å². The first-order valence-corrected chi connectivity index (χ1v) is 8.14. The van der Waals surface area contributed by atoms with E-state index in [4.69, 9.17) is 4.74 Å². The number of hydrogen-bond acceptors (Lipinski definition) is 3. The maximum absolute atomic E-state index is 12.0. The Balaban J connectivity index is 2.68. The Bertz CT molecular complexity index is 603. The van der Waals surface area contributed by atoms with Crippen LogP contribution in [0, 0.1) is 0 Å². The molecule has 4 heteroatoms. The highest BCUT2D eigenvalue weighted by Crippen LogP contribution is 2.09. The van der Waals surface area contributed by atoms with Crippen LogP contribution < -0.4 is 0 Å². The highest BCUT2D eigenvalue weighted by molar-refractivity contribution is 5.69. The molecule has 1 aromatic rings. The van der Waals surface area contributed by atoms with Crippen molar-refractivity contribution in [2.45, 2.75) is 52.8 Å². The van der Waals surface area contributed by atoms with Gasteiger partial charge in [0.15, 0.2) is 0 Å². The molecule has 24 heavy (non-hydrogen) atoms. The fourth-order valence-corrected chi connectivity index (χ4v) is 2.25. The first-order chi connectivity index (χ1) is 11.3. The van der Waals surface area contributed by atoms with Gasteiger partial charge in [-0.2, -0.15) is 0 Å². The average Bonchev–Trinajstić information content (AvgIpc) is 2.52. The molecule has 0 fully saturated rings. The molecule has 0 unspecified atom stereocenters. The molecule has 0 aliphatic heterocycles. The number of ether oxygens (including phenoxy) is 1. The van der Waals surface area contributed by atoms with Gasteiger partial charge in [0.1, 0.15) is 12.4 Å². The van der Waals surface area contributed by atoms with Gasteiger partial charge < -0.3 is 14.7 Å². The van der Waals surface area contributed by atoms with Crippen molar-refractivity contribution in [2.75, 3.05) is 0 Å². The van der Waals surface area contributed by atoms with Crippen LogP contribution >= 0.6 is 0 Å². The van der Waals surface area contributed by atoms with Crippen molar-refractivity contribution in [3.05, 3.63) is 59.5 Å². The summed E-state index contributed by atoms with van der Waals surface area (Å²) in [4.78, 5) is 13.7. The SMILES string of the molecule is CC(=C=COC(=O)N(C(C)C)C(C)C)[C@H](O)/C=C/c1ccccc1. The van der Waals surface area contributed by atoms with E-state index in [1.807, 2.05) is 64.1 Å². The van der Waals surface area contributed by atoms with Crippen molar-refractivity contribution >= 4 is 12.2 Å². The van der Waals surface area contributed by atoms with Gasteiger partial charge in [0.2, 0.25) is 0 Å². The van der Waals surface area contributed by atoms with Gasteiger partial charge in [-0.1, -0.05) is 48.2 Å². The predicted molar refractivity (Wildman–Crippen MR) is 97.3 cm³/mol. The molecule has 0 spiro atoms. The Morgan fingerprint density at radius 1 is 1.17 bits per heavy atom. The molecule has 4 nitrogen and oxygen atoms in total. The third kappa shape index (κ3) is 6.45. The lowest BCUT2D eigenvalue weighted by atomic mass is 10.1. The Morgan fingerprint density at radius 3 is 2.29 bits per heavy atom. The normalized spacial score (nSPS) is 12.2. The Morgan fingerprint density at radius 2 is 1.75 bits per heavy atom. The van der Waals surface area contributed by atoms with Gasteiger partial charge >= 0.3 is 6.09 Å². The number of hydrogen-bond donors (Lipinski definition) is 1. The largest absolute Gasteiger partial charge is 0.415 e. The number of nitrogens with zero attached hydrogens (tertiary/aromatic N) is 1. The molecule has 1 amide bonds. The summed E-state index contributed by atoms with van der Waals surface area (Å²) in [6.45, 7) is 9.47. The second kappa shape index (κ2) is 9.76. The monoisotopic (exact) mass is 329 g/mol. The van der Waals surface area contributed by atoms with Crippen LogP contribution in [0.2, 0.25) is 0 Å². The van der Waals surface area contributed by atoms with Crippen molar-refractivity contribution in [2.24, 2.45) is 0 Å². The molecule has 0 radical (unpaired) electrons. The zero-order chi connectivity index (χ0) is 18.1. The lowest BCUT2D eigenvalue weighted by molar-refractivity contribution is 0.109. The van der Waals surface area contributed by atoms with E-state index in [9.17, 15) is 9.90 Å². The molecule has 1 N–H and O–H groups in total. The van der Waals surface area contributed by atoms with E-state index in [0.29, 0.717) is 5.57 Å². The van der Waals surface area contributed by atoms with Gasteiger partial charge in [0, 0.05) is 17.7 Å². The zero-order valence-corrected chi connectivity index (χ0v) is 15.1. The van der Waals surface area contributed by atoms with Crippen molar-refractivity contribution in [1.29, 1.82) is 0 Å². The highest BCUT2D eigenvalue weighted by Gasteiger charge is 2.20. The first kappa shape index (κ1) is 19.8. The third-order valence-corrected chi connectivity index (χ3v) is 3.48. The topological polar surface area (TPSA) is 49.8 Å². The van der Waals surface area contributed by atoms with E-state index in [-0.39, 0.29) is 12.1 Å². The molecule has 0 heterocycles. The summed E-state index contributed by atoms with van der Waals surface area (Å²) < 4.78 is 5.11. The van der Waals surface area contributed by atoms with Crippen molar-refractivity contribution < 1.29 is 14.6 Å². The van der Waals surface area contributed by atoms with E-state index < -0.39 is 12.2 Å². The molecular weight excluding hydrogens is 302 g/mol. The van der Waals surface area contributed by atoms with Gasteiger partial charge in [-0.3, -0.25) is 0 Å². The molecule has 1 aromatic carbocycles. The van der Waals surface area contributed by atoms with Crippen LogP contribution in [0.1, 0.15) is 40.2 Å².